The molecule has 0 aliphatic carbocycles. The van der Waals surface area contributed by atoms with E-state index in [0.717, 1.165) is 29.6 Å². The number of amides is 1. The van der Waals surface area contributed by atoms with Crippen LogP contribution in [0.1, 0.15) is 18.4 Å². The van der Waals surface area contributed by atoms with E-state index in [-0.39, 0.29) is 5.91 Å². The molecule has 0 aromatic heterocycles. The third-order valence-corrected chi connectivity index (χ3v) is 4.76. The summed E-state index contributed by atoms with van der Waals surface area (Å²) in [5, 5.41) is 0.821. The molecule has 0 saturated carbocycles. The third-order valence-electron chi connectivity index (χ3n) is 3.71. The number of thioether (sulfide) groups is 1. The summed E-state index contributed by atoms with van der Waals surface area (Å²) in [6, 6.07) is 5.53. The molecule has 2 heterocycles. The maximum atomic E-state index is 12.1. The molecule has 5 nitrogen and oxygen atoms in total. The molecule has 0 atom stereocenters. The van der Waals surface area contributed by atoms with E-state index in [1.165, 1.54) is 24.6 Å². The molecular formula is C16H18N2O3S. The van der Waals surface area contributed by atoms with Crippen molar-refractivity contribution in [3.63, 3.8) is 0 Å². The Morgan fingerprint density at radius 3 is 2.68 bits per heavy atom. The van der Waals surface area contributed by atoms with E-state index < -0.39 is 0 Å². The van der Waals surface area contributed by atoms with Crippen LogP contribution in [0.4, 0.5) is 0 Å². The molecule has 0 unspecified atom stereocenters. The Balaban J connectivity index is 1.83. The van der Waals surface area contributed by atoms with Gasteiger partial charge in [-0.2, -0.15) is 4.99 Å². The first-order valence-electron chi connectivity index (χ1n) is 7.21. The van der Waals surface area contributed by atoms with Crippen molar-refractivity contribution in [2.24, 2.45) is 4.99 Å². The average molecular weight is 318 g/mol. The first-order valence-corrected chi connectivity index (χ1v) is 8.02. The van der Waals surface area contributed by atoms with Gasteiger partial charge in [0.2, 0.25) is 0 Å². The molecular weight excluding hydrogens is 300 g/mol. The molecule has 0 spiro atoms. The van der Waals surface area contributed by atoms with Crippen molar-refractivity contribution in [1.29, 1.82) is 0 Å². The van der Waals surface area contributed by atoms with Crippen LogP contribution in [-0.2, 0) is 4.79 Å². The lowest BCUT2D eigenvalue weighted by molar-refractivity contribution is -0.113. The van der Waals surface area contributed by atoms with E-state index in [4.69, 9.17) is 9.47 Å². The molecule has 1 fully saturated rings. The van der Waals surface area contributed by atoms with Crippen molar-refractivity contribution in [1.82, 2.24) is 4.90 Å². The van der Waals surface area contributed by atoms with Gasteiger partial charge in [0.25, 0.3) is 5.91 Å². The summed E-state index contributed by atoms with van der Waals surface area (Å²) in [7, 11) is 3.21. The Labute approximate surface area is 134 Å². The standard InChI is InChI=1S/C16H18N2O3S/c1-20-12-6-5-11(13(10-12)21-2)9-14-15(19)17-16(22-14)18-7-3-4-8-18/h5-6,9-10H,3-4,7-8H2,1-2H3. The molecule has 2 aliphatic rings. The predicted molar refractivity (Wildman–Crippen MR) is 88.4 cm³/mol. The number of hydrogen-bond donors (Lipinski definition) is 0. The molecule has 1 amide bonds. The normalized spacial score (nSPS) is 19.7. The van der Waals surface area contributed by atoms with E-state index >= 15 is 0 Å². The minimum atomic E-state index is -0.176. The average Bonchev–Trinajstić information content (AvgIpc) is 3.18. The van der Waals surface area contributed by atoms with Gasteiger partial charge < -0.3 is 14.4 Å². The smallest absolute Gasteiger partial charge is 0.286 e. The Morgan fingerprint density at radius 2 is 2.00 bits per heavy atom. The quantitative estimate of drug-likeness (QED) is 0.802. The van der Waals surface area contributed by atoms with Crippen LogP contribution in [0.2, 0.25) is 0 Å². The van der Waals surface area contributed by atoms with Gasteiger partial charge in [-0.3, -0.25) is 4.79 Å². The summed E-state index contributed by atoms with van der Waals surface area (Å²) in [5.74, 6) is 1.22. The van der Waals surface area contributed by atoms with Crippen molar-refractivity contribution < 1.29 is 14.3 Å². The van der Waals surface area contributed by atoms with Gasteiger partial charge >= 0.3 is 0 Å². The van der Waals surface area contributed by atoms with Crippen LogP contribution in [0.5, 0.6) is 11.5 Å². The number of hydrogen-bond acceptors (Lipinski definition) is 5. The van der Waals surface area contributed by atoms with Crippen LogP contribution >= 0.6 is 11.8 Å². The van der Waals surface area contributed by atoms with E-state index in [1.54, 1.807) is 20.3 Å². The van der Waals surface area contributed by atoms with Crippen LogP contribution in [-0.4, -0.2) is 43.3 Å². The Kier molecular flexibility index (Phi) is 4.38. The summed E-state index contributed by atoms with van der Waals surface area (Å²) in [6.45, 7) is 1.97. The van der Waals surface area contributed by atoms with E-state index in [9.17, 15) is 4.79 Å². The first kappa shape index (κ1) is 15.0. The van der Waals surface area contributed by atoms with Crippen LogP contribution in [0.3, 0.4) is 0 Å². The number of benzene rings is 1. The third kappa shape index (κ3) is 2.97. The zero-order valence-corrected chi connectivity index (χ0v) is 13.5. The fourth-order valence-electron chi connectivity index (χ4n) is 2.52. The lowest BCUT2D eigenvalue weighted by atomic mass is 10.1. The maximum absolute atomic E-state index is 12.1. The van der Waals surface area contributed by atoms with Crippen molar-refractivity contribution in [3.8, 4) is 11.5 Å². The van der Waals surface area contributed by atoms with Gasteiger partial charge in [0.15, 0.2) is 5.17 Å². The Bertz CT molecular complexity index is 649. The van der Waals surface area contributed by atoms with E-state index in [1.807, 2.05) is 18.2 Å². The highest BCUT2D eigenvalue weighted by Crippen LogP contribution is 2.34. The largest absolute Gasteiger partial charge is 0.497 e. The highest BCUT2D eigenvalue weighted by Gasteiger charge is 2.27. The zero-order valence-electron chi connectivity index (χ0n) is 12.7. The van der Waals surface area contributed by atoms with Crippen LogP contribution < -0.4 is 9.47 Å². The number of carbonyl (C=O) groups excluding carboxylic acids is 1. The van der Waals surface area contributed by atoms with Gasteiger partial charge in [-0.1, -0.05) is 0 Å². The number of likely N-dealkylation sites (tertiary alicyclic amines) is 1. The summed E-state index contributed by atoms with van der Waals surface area (Å²) in [4.78, 5) is 19.1. The van der Waals surface area contributed by atoms with Gasteiger partial charge in [0.1, 0.15) is 11.5 Å². The second kappa shape index (κ2) is 6.44. The number of nitrogens with zero attached hydrogens (tertiary/aromatic N) is 2. The fraction of sp³-hybridized carbons (Fsp3) is 0.375. The molecule has 1 saturated heterocycles. The van der Waals surface area contributed by atoms with Crippen LogP contribution in [0, 0.1) is 0 Å². The van der Waals surface area contributed by atoms with Crippen molar-refractivity contribution in [2.45, 2.75) is 12.8 Å². The van der Waals surface area contributed by atoms with Gasteiger partial charge in [-0.15, -0.1) is 0 Å². The van der Waals surface area contributed by atoms with Gasteiger partial charge in [-0.25, -0.2) is 0 Å². The minimum Gasteiger partial charge on any atom is -0.497 e. The summed E-state index contributed by atoms with van der Waals surface area (Å²) in [6.07, 6.45) is 4.16. The van der Waals surface area contributed by atoms with Crippen molar-refractivity contribution in [3.05, 3.63) is 28.7 Å². The monoisotopic (exact) mass is 318 g/mol. The SMILES string of the molecule is COc1ccc(C=C2SC(N3CCCC3)=NC2=O)c(OC)c1. The molecule has 2 aliphatic heterocycles. The second-order valence-corrected chi connectivity index (χ2v) is 6.12. The lowest BCUT2D eigenvalue weighted by Crippen LogP contribution is -2.23. The Morgan fingerprint density at radius 1 is 1.23 bits per heavy atom. The topological polar surface area (TPSA) is 51.1 Å². The van der Waals surface area contributed by atoms with Crippen LogP contribution in [0.15, 0.2) is 28.1 Å². The number of rotatable bonds is 3. The maximum Gasteiger partial charge on any atom is 0.286 e. The molecule has 3 rings (SSSR count). The summed E-state index contributed by atoms with van der Waals surface area (Å²) < 4.78 is 10.6. The zero-order chi connectivity index (χ0) is 15.5. The van der Waals surface area contributed by atoms with Crippen LogP contribution in [0.25, 0.3) is 6.08 Å². The van der Waals surface area contributed by atoms with Gasteiger partial charge in [0.05, 0.1) is 19.1 Å². The van der Waals surface area contributed by atoms with E-state index in [0.29, 0.717) is 10.7 Å². The highest BCUT2D eigenvalue weighted by molar-refractivity contribution is 8.18. The second-order valence-electron chi connectivity index (χ2n) is 5.11. The number of ether oxygens (including phenoxy) is 2. The highest BCUT2D eigenvalue weighted by atomic mass is 32.2. The van der Waals surface area contributed by atoms with E-state index in [2.05, 4.69) is 9.89 Å². The summed E-state index contributed by atoms with van der Waals surface area (Å²) >= 11 is 1.44. The number of carbonyl (C=O) groups is 1. The molecule has 0 radical (unpaired) electrons. The molecule has 116 valence electrons. The molecule has 0 N–H and O–H groups in total. The summed E-state index contributed by atoms with van der Waals surface area (Å²) in [5.41, 5.74) is 0.844. The molecule has 22 heavy (non-hydrogen) atoms. The molecule has 6 heteroatoms. The molecule has 1 aromatic rings. The van der Waals surface area contributed by atoms with Crippen molar-refractivity contribution >= 4 is 28.9 Å². The Hall–Kier alpha value is -1.95. The van der Waals surface area contributed by atoms with Gasteiger partial charge in [-0.05, 0) is 42.8 Å². The van der Waals surface area contributed by atoms with Gasteiger partial charge in [0, 0.05) is 24.7 Å². The minimum absolute atomic E-state index is 0.176. The number of methoxy groups -OCH3 is 2. The first-order chi connectivity index (χ1) is 10.7. The number of aliphatic imine (C=N–C) groups is 1. The molecule has 0 bridgehead atoms. The van der Waals surface area contributed by atoms with Crippen molar-refractivity contribution in [2.75, 3.05) is 27.3 Å². The lowest BCUT2D eigenvalue weighted by Gasteiger charge is -2.14. The molecule has 1 aromatic carbocycles. The fourth-order valence-corrected chi connectivity index (χ4v) is 3.48. The predicted octanol–water partition coefficient (Wildman–Crippen LogP) is 2.77. The number of amidine groups is 1.